The van der Waals surface area contributed by atoms with Gasteiger partial charge in [-0.25, -0.2) is 0 Å². The lowest BCUT2D eigenvalue weighted by molar-refractivity contribution is 0.675. The molecular formula is C16H19ClN2. The second-order valence-corrected chi connectivity index (χ2v) is 5.01. The van der Waals surface area contributed by atoms with E-state index < -0.39 is 0 Å². The molecular weight excluding hydrogens is 256 g/mol. The van der Waals surface area contributed by atoms with Crippen LogP contribution >= 0.6 is 11.6 Å². The predicted molar refractivity (Wildman–Crippen MR) is 80.5 cm³/mol. The lowest BCUT2D eigenvalue weighted by Crippen LogP contribution is -2.14. The number of benzene rings is 1. The zero-order chi connectivity index (χ0) is 13.5. The van der Waals surface area contributed by atoms with Gasteiger partial charge in [0.1, 0.15) is 0 Å². The molecule has 0 radical (unpaired) electrons. The summed E-state index contributed by atoms with van der Waals surface area (Å²) in [7, 11) is 0. The van der Waals surface area contributed by atoms with E-state index in [2.05, 4.69) is 29.4 Å². The molecule has 0 aliphatic carbocycles. The molecule has 2 aromatic rings. The molecule has 0 bridgehead atoms. The molecule has 0 unspecified atom stereocenters. The maximum atomic E-state index is 6.22. The maximum absolute atomic E-state index is 6.22. The Labute approximate surface area is 119 Å². The molecule has 0 spiro atoms. The van der Waals surface area contributed by atoms with E-state index in [-0.39, 0.29) is 0 Å². The van der Waals surface area contributed by atoms with Gasteiger partial charge in [-0.05, 0) is 42.3 Å². The molecule has 2 nitrogen and oxygen atoms in total. The fraction of sp³-hybridized carbons (Fsp3) is 0.312. The van der Waals surface area contributed by atoms with Gasteiger partial charge in [0.25, 0.3) is 0 Å². The Balaban J connectivity index is 2.07. The Morgan fingerprint density at radius 2 is 2.11 bits per heavy atom. The first-order valence-corrected chi connectivity index (χ1v) is 7.05. The molecule has 3 heteroatoms. The van der Waals surface area contributed by atoms with Gasteiger partial charge in [0.05, 0.1) is 0 Å². The fourth-order valence-electron chi connectivity index (χ4n) is 1.99. The van der Waals surface area contributed by atoms with Crippen LogP contribution < -0.4 is 5.32 Å². The monoisotopic (exact) mass is 274 g/mol. The van der Waals surface area contributed by atoms with E-state index in [9.17, 15) is 0 Å². The minimum absolute atomic E-state index is 0.822. The number of aromatic nitrogens is 1. The van der Waals surface area contributed by atoms with E-state index >= 15 is 0 Å². The summed E-state index contributed by atoms with van der Waals surface area (Å²) in [5.74, 6) is 0. The van der Waals surface area contributed by atoms with Crippen molar-refractivity contribution in [1.82, 2.24) is 10.3 Å². The van der Waals surface area contributed by atoms with Crippen LogP contribution in [0, 0.1) is 0 Å². The summed E-state index contributed by atoms with van der Waals surface area (Å²) in [6.07, 6.45) is 3.80. The van der Waals surface area contributed by atoms with Gasteiger partial charge >= 0.3 is 0 Å². The van der Waals surface area contributed by atoms with Crippen LogP contribution in [0.25, 0.3) is 0 Å². The van der Waals surface area contributed by atoms with Crippen LogP contribution in [-0.2, 0) is 13.0 Å². The third kappa shape index (κ3) is 4.34. The van der Waals surface area contributed by atoms with Crippen LogP contribution in [0.2, 0.25) is 5.02 Å². The molecule has 0 aliphatic rings. The Hall–Kier alpha value is -1.38. The number of hydrogen-bond donors (Lipinski definition) is 1. The van der Waals surface area contributed by atoms with Gasteiger partial charge in [0, 0.05) is 29.9 Å². The minimum Gasteiger partial charge on any atom is -0.313 e. The Morgan fingerprint density at radius 1 is 1.21 bits per heavy atom. The van der Waals surface area contributed by atoms with Gasteiger partial charge in [-0.1, -0.05) is 36.7 Å². The standard InChI is InChI=1S/C16H19ClN2/c1-2-8-18-12-14-10-13(6-7-16(14)17)11-15-5-3-4-9-19-15/h3-7,9-10,18H,2,8,11-12H2,1H3. The lowest BCUT2D eigenvalue weighted by Gasteiger charge is -2.08. The summed E-state index contributed by atoms with van der Waals surface area (Å²) in [6.45, 7) is 4.00. The summed E-state index contributed by atoms with van der Waals surface area (Å²) >= 11 is 6.22. The van der Waals surface area contributed by atoms with Crippen molar-refractivity contribution < 1.29 is 0 Å². The first-order chi connectivity index (χ1) is 9.29. The second kappa shape index (κ2) is 7.27. The van der Waals surface area contributed by atoms with Crippen molar-refractivity contribution in [3.63, 3.8) is 0 Å². The van der Waals surface area contributed by atoms with E-state index in [4.69, 9.17) is 11.6 Å². The number of halogens is 1. The molecule has 0 saturated carbocycles. The second-order valence-electron chi connectivity index (χ2n) is 4.60. The molecule has 1 aromatic carbocycles. The third-order valence-corrected chi connectivity index (χ3v) is 3.33. The Bertz CT molecular complexity index is 511. The molecule has 1 aromatic heterocycles. The van der Waals surface area contributed by atoms with Crippen molar-refractivity contribution in [3.05, 3.63) is 64.4 Å². The predicted octanol–water partition coefficient (Wildman–Crippen LogP) is 3.83. The summed E-state index contributed by atoms with van der Waals surface area (Å²) in [5.41, 5.74) is 3.48. The van der Waals surface area contributed by atoms with Gasteiger partial charge in [0.15, 0.2) is 0 Å². The summed E-state index contributed by atoms with van der Waals surface area (Å²) in [6, 6.07) is 12.2. The number of nitrogens with one attached hydrogen (secondary N) is 1. The molecule has 19 heavy (non-hydrogen) atoms. The molecule has 0 aliphatic heterocycles. The fourth-order valence-corrected chi connectivity index (χ4v) is 2.17. The van der Waals surface area contributed by atoms with Gasteiger partial charge in [-0.3, -0.25) is 4.98 Å². The molecule has 0 saturated heterocycles. The summed E-state index contributed by atoms with van der Waals surface area (Å²) < 4.78 is 0. The van der Waals surface area contributed by atoms with E-state index in [1.165, 1.54) is 5.56 Å². The Morgan fingerprint density at radius 3 is 2.84 bits per heavy atom. The lowest BCUT2D eigenvalue weighted by atomic mass is 10.1. The maximum Gasteiger partial charge on any atom is 0.0451 e. The van der Waals surface area contributed by atoms with E-state index in [1.807, 2.05) is 30.5 Å². The average Bonchev–Trinajstić information content (AvgIpc) is 2.44. The number of nitrogens with zero attached hydrogens (tertiary/aromatic N) is 1. The molecule has 0 amide bonds. The van der Waals surface area contributed by atoms with Crippen molar-refractivity contribution >= 4 is 11.6 Å². The van der Waals surface area contributed by atoms with Crippen LogP contribution in [0.4, 0.5) is 0 Å². The molecule has 0 fully saturated rings. The third-order valence-electron chi connectivity index (χ3n) is 2.96. The van der Waals surface area contributed by atoms with Crippen LogP contribution in [-0.4, -0.2) is 11.5 Å². The highest BCUT2D eigenvalue weighted by atomic mass is 35.5. The van der Waals surface area contributed by atoms with Crippen molar-refractivity contribution in [2.45, 2.75) is 26.3 Å². The van der Waals surface area contributed by atoms with Crippen LogP contribution in [0.3, 0.4) is 0 Å². The normalized spacial score (nSPS) is 10.6. The van der Waals surface area contributed by atoms with Crippen molar-refractivity contribution in [3.8, 4) is 0 Å². The van der Waals surface area contributed by atoms with Crippen LogP contribution in [0.1, 0.15) is 30.2 Å². The van der Waals surface area contributed by atoms with E-state index in [1.54, 1.807) is 0 Å². The van der Waals surface area contributed by atoms with Gasteiger partial charge in [0.2, 0.25) is 0 Å². The highest BCUT2D eigenvalue weighted by Crippen LogP contribution is 2.19. The first-order valence-electron chi connectivity index (χ1n) is 6.67. The number of rotatable bonds is 6. The highest BCUT2D eigenvalue weighted by molar-refractivity contribution is 6.31. The average molecular weight is 275 g/mol. The van der Waals surface area contributed by atoms with Crippen molar-refractivity contribution in [1.29, 1.82) is 0 Å². The quantitative estimate of drug-likeness (QED) is 0.810. The largest absolute Gasteiger partial charge is 0.313 e. The summed E-state index contributed by atoms with van der Waals surface area (Å²) in [5, 5.41) is 4.21. The first kappa shape index (κ1) is 14.0. The van der Waals surface area contributed by atoms with Crippen LogP contribution in [0.15, 0.2) is 42.6 Å². The van der Waals surface area contributed by atoms with Crippen molar-refractivity contribution in [2.24, 2.45) is 0 Å². The zero-order valence-corrected chi connectivity index (χ0v) is 12.0. The summed E-state index contributed by atoms with van der Waals surface area (Å²) in [4.78, 5) is 4.35. The molecule has 100 valence electrons. The van der Waals surface area contributed by atoms with Gasteiger partial charge < -0.3 is 5.32 Å². The molecule has 1 heterocycles. The highest BCUT2D eigenvalue weighted by Gasteiger charge is 2.03. The number of hydrogen-bond acceptors (Lipinski definition) is 2. The molecule has 2 rings (SSSR count). The van der Waals surface area contributed by atoms with E-state index in [0.717, 1.165) is 42.2 Å². The smallest absolute Gasteiger partial charge is 0.0451 e. The topological polar surface area (TPSA) is 24.9 Å². The minimum atomic E-state index is 0.822. The Kier molecular flexibility index (Phi) is 5.37. The van der Waals surface area contributed by atoms with Gasteiger partial charge in [-0.15, -0.1) is 0 Å². The van der Waals surface area contributed by atoms with Gasteiger partial charge in [-0.2, -0.15) is 0 Å². The number of pyridine rings is 1. The molecule has 0 atom stereocenters. The SMILES string of the molecule is CCCNCc1cc(Cc2ccccn2)ccc1Cl. The zero-order valence-electron chi connectivity index (χ0n) is 11.2. The molecule has 1 N–H and O–H groups in total. The van der Waals surface area contributed by atoms with Crippen LogP contribution in [0.5, 0.6) is 0 Å². The van der Waals surface area contributed by atoms with E-state index in [0.29, 0.717) is 0 Å². The van der Waals surface area contributed by atoms with Crippen molar-refractivity contribution in [2.75, 3.05) is 6.54 Å².